The van der Waals surface area contributed by atoms with Gasteiger partial charge in [-0.2, -0.15) is 15.0 Å². The standard InChI is InChI=1S/C26H35N7O4/c34-16-13-29-25-31-24(28-12-11-21-7-3-1-4-8-21)32-26(33-25)30-15-18-37-20-19-36-17-14-27-23(35)22-9-5-2-6-10-22/h1-10,34H,11-20H2,(H,27,35)(H3,28,29,30,31,32,33). The fourth-order valence-corrected chi connectivity index (χ4v) is 3.23. The van der Waals surface area contributed by atoms with Gasteiger partial charge in [0.1, 0.15) is 0 Å². The Morgan fingerprint density at radius 3 is 1.84 bits per heavy atom. The van der Waals surface area contributed by atoms with Crippen LogP contribution in [0.4, 0.5) is 17.8 Å². The van der Waals surface area contributed by atoms with E-state index in [-0.39, 0.29) is 12.5 Å². The molecule has 0 aliphatic carbocycles. The molecule has 0 spiro atoms. The molecule has 0 aliphatic rings. The molecule has 198 valence electrons. The first kappa shape index (κ1) is 27.8. The quantitative estimate of drug-likeness (QED) is 0.161. The topological polar surface area (TPSA) is 143 Å². The molecule has 0 unspecified atom stereocenters. The minimum absolute atomic E-state index is 0.0273. The van der Waals surface area contributed by atoms with Crippen molar-refractivity contribution in [3.05, 3.63) is 71.8 Å². The summed E-state index contributed by atoms with van der Waals surface area (Å²) < 4.78 is 11.1. The van der Waals surface area contributed by atoms with Gasteiger partial charge < -0.3 is 35.8 Å². The molecule has 0 atom stereocenters. The number of aromatic nitrogens is 3. The van der Waals surface area contributed by atoms with E-state index in [2.05, 4.69) is 48.4 Å². The number of aliphatic hydroxyl groups is 1. The molecule has 1 amide bonds. The van der Waals surface area contributed by atoms with E-state index in [1.54, 1.807) is 12.1 Å². The summed E-state index contributed by atoms with van der Waals surface area (Å²) >= 11 is 0. The Kier molecular flexibility index (Phi) is 12.6. The van der Waals surface area contributed by atoms with E-state index < -0.39 is 0 Å². The molecule has 5 N–H and O–H groups in total. The first-order valence-corrected chi connectivity index (χ1v) is 12.4. The van der Waals surface area contributed by atoms with Gasteiger partial charge in [-0.05, 0) is 24.1 Å². The van der Waals surface area contributed by atoms with Gasteiger partial charge in [-0.3, -0.25) is 4.79 Å². The Labute approximate surface area is 217 Å². The number of nitrogens with zero attached hydrogens (tertiary/aromatic N) is 3. The van der Waals surface area contributed by atoms with Crippen LogP contribution in [0.15, 0.2) is 60.7 Å². The van der Waals surface area contributed by atoms with Crippen molar-refractivity contribution in [2.75, 3.05) is 75.2 Å². The zero-order valence-electron chi connectivity index (χ0n) is 20.9. The molecule has 0 fully saturated rings. The number of carbonyl (C=O) groups excluding carboxylic acids is 1. The predicted octanol–water partition coefficient (Wildman–Crippen LogP) is 1.81. The maximum Gasteiger partial charge on any atom is 0.251 e. The van der Waals surface area contributed by atoms with Gasteiger partial charge in [0.05, 0.1) is 33.0 Å². The lowest BCUT2D eigenvalue weighted by atomic mass is 10.1. The van der Waals surface area contributed by atoms with Crippen LogP contribution >= 0.6 is 0 Å². The number of carbonyl (C=O) groups is 1. The highest BCUT2D eigenvalue weighted by Gasteiger charge is 2.07. The second-order valence-corrected chi connectivity index (χ2v) is 7.89. The average Bonchev–Trinajstić information content (AvgIpc) is 2.94. The molecule has 1 heterocycles. The summed E-state index contributed by atoms with van der Waals surface area (Å²) in [6, 6.07) is 19.2. The van der Waals surface area contributed by atoms with Crippen molar-refractivity contribution in [1.29, 1.82) is 0 Å². The van der Waals surface area contributed by atoms with Crippen molar-refractivity contribution in [2.45, 2.75) is 6.42 Å². The second-order valence-electron chi connectivity index (χ2n) is 7.89. The molecule has 37 heavy (non-hydrogen) atoms. The number of benzene rings is 2. The highest BCUT2D eigenvalue weighted by atomic mass is 16.5. The Morgan fingerprint density at radius 2 is 1.22 bits per heavy atom. The summed E-state index contributed by atoms with van der Waals surface area (Å²) in [5, 5.41) is 21.2. The van der Waals surface area contributed by atoms with E-state index >= 15 is 0 Å². The van der Waals surface area contributed by atoms with Crippen LogP contribution in [-0.4, -0.2) is 85.2 Å². The minimum Gasteiger partial charge on any atom is -0.395 e. The zero-order valence-corrected chi connectivity index (χ0v) is 20.9. The van der Waals surface area contributed by atoms with Gasteiger partial charge in [0.15, 0.2) is 0 Å². The van der Waals surface area contributed by atoms with Crippen LogP contribution in [0.1, 0.15) is 15.9 Å². The second kappa shape index (κ2) is 16.8. The minimum atomic E-state index is -0.117. The molecule has 0 saturated carbocycles. The highest BCUT2D eigenvalue weighted by Crippen LogP contribution is 2.09. The van der Waals surface area contributed by atoms with Crippen LogP contribution < -0.4 is 21.3 Å². The third-order valence-electron chi connectivity index (χ3n) is 5.04. The Bertz CT molecular complexity index is 1040. The number of hydrogen-bond donors (Lipinski definition) is 5. The monoisotopic (exact) mass is 509 g/mol. The van der Waals surface area contributed by atoms with Crippen LogP contribution in [-0.2, 0) is 15.9 Å². The van der Waals surface area contributed by atoms with Gasteiger partial charge in [0.25, 0.3) is 5.91 Å². The van der Waals surface area contributed by atoms with Crippen molar-refractivity contribution in [3.8, 4) is 0 Å². The number of hydrogen-bond acceptors (Lipinski definition) is 10. The molecule has 0 aliphatic heterocycles. The van der Waals surface area contributed by atoms with Crippen molar-refractivity contribution in [1.82, 2.24) is 20.3 Å². The fourth-order valence-electron chi connectivity index (χ4n) is 3.23. The summed E-state index contributed by atoms with van der Waals surface area (Å²) in [6.45, 7) is 3.63. The number of aliphatic hydroxyl groups excluding tert-OH is 1. The number of nitrogens with one attached hydrogen (secondary N) is 4. The molecule has 11 heteroatoms. The number of amides is 1. The number of anilines is 3. The Morgan fingerprint density at radius 1 is 0.676 bits per heavy atom. The third kappa shape index (κ3) is 11.2. The molecule has 2 aromatic carbocycles. The number of rotatable bonds is 18. The zero-order chi connectivity index (χ0) is 26.0. The lowest BCUT2D eigenvalue weighted by Gasteiger charge is -2.11. The molecule has 0 radical (unpaired) electrons. The number of ether oxygens (including phenoxy) is 2. The first-order chi connectivity index (χ1) is 18.2. The van der Waals surface area contributed by atoms with E-state index in [1.165, 1.54) is 5.56 Å². The van der Waals surface area contributed by atoms with E-state index in [0.29, 0.717) is 76.0 Å². The van der Waals surface area contributed by atoms with Gasteiger partial charge in [-0.1, -0.05) is 48.5 Å². The van der Waals surface area contributed by atoms with Crippen molar-refractivity contribution >= 4 is 23.8 Å². The normalized spacial score (nSPS) is 10.6. The highest BCUT2D eigenvalue weighted by molar-refractivity contribution is 5.94. The van der Waals surface area contributed by atoms with Crippen LogP contribution in [0.25, 0.3) is 0 Å². The Balaban J connectivity index is 1.29. The van der Waals surface area contributed by atoms with Gasteiger partial charge in [-0.15, -0.1) is 0 Å². The smallest absolute Gasteiger partial charge is 0.251 e. The van der Waals surface area contributed by atoms with Gasteiger partial charge in [0.2, 0.25) is 17.8 Å². The molecule has 0 bridgehead atoms. The summed E-state index contributed by atoms with van der Waals surface area (Å²) in [4.78, 5) is 25.0. The molecule has 3 rings (SSSR count). The van der Waals surface area contributed by atoms with Crippen LogP contribution in [0.2, 0.25) is 0 Å². The third-order valence-corrected chi connectivity index (χ3v) is 5.04. The largest absolute Gasteiger partial charge is 0.395 e. The predicted molar refractivity (Wildman–Crippen MR) is 143 cm³/mol. The average molecular weight is 510 g/mol. The maximum atomic E-state index is 11.9. The lowest BCUT2D eigenvalue weighted by Crippen LogP contribution is -2.27. The van der Waals surface area contributed by atoms with Crippen molar-refractivity contribution in [3.63, 3.8) is 0 Å². The molecular formula is C26H35N7O4. The van der Waals surface area contributed by atoms with E-state index in [9.17, 15) is 4.79 Å². The lowest BCUT2D eigenvalue weighted by molar-refractivity contribution is 0.0519. The molecule has 1 aromatic heterocycles. The molecule has 0 saturated heterocycles. The van der Waals surface area contributed by atoms with Crippen molar-refractivity contribution in [2.24, 2.45) is 0 Å². The van der Waals surface area contributed by atoms with Crippen LogP contribution in [0.5, 0.6) is 0 Å². The Hall–Kier alpha value is -3.80. The molecule has 3 aromatic rings. The molecular weight excluding hydrogens is 474 g/mol. The molecule has 11 nitrogen and oxygen atoms in total. The van der Waals surface area contributed by atoms with Crippen LogP contribution in [0, 0.1) is 0 Å². The van der Waals surface area contributed by atoms with Crippen molar-refractivity contribution < 1.29 is 19.4 Å². The summed E-state index contributed by atoms with van der Waals surface area (Å²) in [7, 11) is 0. The van der Waals surface area contributed by atoms with Gasteiger partial charge in [-0.25, -0.2) is 0 Å². The van der Waals surface area contributed by atoms with Crippen LogP contribution in [0.3, 0.4) is 0 Å². The maximum absolute atomic E-state index is 11.9. The van der Waals surface area contributed by atoms with E-state index in [0.717, 1.165) is 6.42 Å². The van der Waals surface area contributed by atoms with Gasteiger partial charge in [0, 0.05) is 31.7 Å². The fraction of sp³-hybridized carbons (Fsp3) is 0.385. The summed E-state index contributed by atoms with van der Waals surface area (Å²) in [5.41, 5.74) is 1.85. The van der Waals surface area contributed by atoms with E-state index in [1.807, 2.05) is 36.4 Å². The summed E-state index contributed by atoms with van der Waals surface area (Å²) in [6.07, 6.45) is 0.837. The first-order valence-electron chi connectivity index (χ1n) is 12.4. The van der Waals surface area contributed by atoms with E-state index in [4.69, 9.17) is 14.6 Å². The van der Waals surface area contributed by atoms with Gasteiger partial charge >= 0.3 is 0 Å². The summed E-state index contributed by atoms with van der Waals surface area (Å²) in [5.74, 6) is 1.12. The SMILES string of the molecule is O=C(NCCOCCOCCNc1nc(NCCO)nc(NCCc2ccccc2)n1)c1ccccc1.